The lowest BCUT2D eigenvalue weighted by atomic mass is 10.1. The molecule has 0 bridgehead atoms. The first-order chi connectivity index (χ1) is 7.19. The fourth-order valence-corrected chi connectivity index (χ4v) is 1.41. The van der Waals surface area contributed by atoms with Gasteiger partial charge in [-0.1, -0.05) is 20.3 Å². The number of carbonyl (C=O) groups is 1. The maximum atomic E-state index is 10.9. The highest BCUT2D eigenvalue weighted by Gasteiger charge is 2.12. The van der Waals surface area contributed by atoms with Gasteiger partial charge in [0.15, 0.2) is 0 Å². The average Bonchev–Trinajstić information content (AvgIpc) is 2.18. The van der Waals surface area contributed by atoms with Crippen molar-refractivity contribution in [2.24, 2.45) is 0 Å². The van der Waals surface area contributed by atoms with Gasteiger partial charge in [0.1, 0.15) is 5.82 Å². The smallest absolute Gasteiger partial charge is 0.339 e. The number of hydrogen-bond donors (Lipinski definition) is 1. The van der Waals surface area contributed by atoms with Gasteiger partial charge in [-0.2, -0.15) is 0 Å². The zero-order chi connectivity index (χ0) is 11.3. The number of rotatable bonds is 5. The highest BCUT2D eigenvalue weighted by Crippen LogP contribution is 2.09. The minimum atomic E-state index is -0.943. The quantitative estimate of drug-likeness (QED) is 0.804. The molecule has 0 unspecified atom stereocenters. The predicted molar refractivity (Wildman–Crippen MR) is 57.0 cm³/mol. The maximum Gasteiger partial charge on any atom is 0.339 e. The Morgan fingerprint density at radius 1 is 1.33 bits per heavy atom. The van der Waals surface area contributed by atoms with Crippen LogP contribution < -0.4 is 0 Å². The van der Waals surface area contributed by atoms with Crippen molar-refractivity contribution in [3.63, 3.8) is 0 Å². The molecule has 0 saturated carbocycles. The van der Waals surface area contributed by atoms with E-state index in [0.717, 1.165) is 25.1 Å². The van der Waals surface area contributed by atoms with E-state index in [0.29, 0.717) is 12.1 Å². The van der Waals surface area contributed by atoms with E-state index in [1.54, 1.807) is 0 Å². The highest BCUT2D eigenvalue weighted by molar-refractivity contribution is 5.88. The van der Waals surface area contributed by atoms with Crippen molar-refractivity contribution in [2.75, 3.05) is 0 Å². The summed E-state index contributed by atoms with van der Waals surface area (Å²) in [4.78, 5) is 19.2. The van der Waals surface area contributed by atoms with E-state index in [9.17, 15) is 4.79 Å². The second kappa shape index (κ2) is 5.44. The van der Waals surface area contributed by atoms with Gasteiger partial charge < -0.3 is 5.11 Å². The van der Waals surface area contributed by atoms with E-state index in [1.807, 2.05) is 13.8 Å². The van der Waals surface area contributed by atoms with Crippen molar-refractivity contribution in [1.82, 2.24) is 9.97 Å². The molecule has 0 aliphatic rings. The van der Waals surface area contributed by atoms with Crippen LogP contribution in [-0.2, 0) is 12.8 Å². The molecule has 0 aliphatic heterocycles. The van der Waals surface area contributed by atoms with E-state index >= 15 is 0 Å². The van der Waals surface area contributed by atoms with E-state index in [1.165, 1.54) is 6.20 Å². The van der Waals surface area contributed by atoms with Gasteiger partial charge in [0, 0.05) is 12.6 Å². The van der Waals surface area contributed by atoms with Crippen LogP contribution >= 0.6 is 0 Å². The normalized spacial score (nSPS) is 10.3. The zero-order valence-electron chi connectivity index (χ0n) is 9.16. The van der Waals surface area contributed by atoms with Crippen LogP contribution in [0.3, 0.4) is 0 Å². The van der Waals surface area contributed by atoms with Gasteiger partial charge >= 0.3 is 5.97 Å². The number of carboxylic acid groups (broad SMARTS) is 1. The fraction of sp³-hybridized carbons (Fsp3) is 0.545. The summed E-state index contributed by atoms with van der Waals surface area (Å²) in [7, 11) is 0. The molecule has 0 radical (unpaired) electrons. The largest absolute Gasteiger partial charge is 0.478 e. The minimum absolute atomic E-state index is 0.233. The van der Waals surface area contributed by atoms with Gasteiger partial charge in [-0.15, -0.1) is 0 Å². The Morgan fingerprint density at radius 3 is 2.53 bits per heavy atom. The lowest BCUT2D eigenvalue weighted by Gasteiger charge is -2.05. The number of aryl methyl sites for hydroxylation is 2. The Hall–Kier alpha value is -1.45. The molecule has 82 valence electrons. The third kappa shape index (κ3) is 3.01. The van der Waals surface area contributed by atoms with Crippen LogP contribution in [0.2, 0.25) is 0 Å². The molecule has 0 saturated heterocycles. The minimum Gasteiger partial charge on any atom is -0.478 e. The van der Waals surface area contributed by atoms with E-state index in [-0.39, 0.29) is 5.56 Å². The lowest BCUT2D eigenvalue weighted by Crippen LogP contribution is -2.08. The molecule has 1 aromatic rings. The number of carboxylic acids is 1. The van der Waals surface area contributed by atoms with E-state index in [2.05, 4.69) is 9.97 Å². The molecule has 0 fully saturated rings. The molecule has 1 N–H and O–H groups in total. The second-order valence-corrected chi connectivity index (χ2v) is 3.45. The van der Waals surface area contributed by atoms with Crippen LogP contribution in [0.25, 0.3) is 0 Å². The molecule has 0 amide bonds. The SMILES string of the molecule is CCCc1ncc(C(=O)O)c(CCC)n1. The molecule has 0 aliphatic carbocycles. The monoisotopic (exact) mass is 208 g/mol. The van der Waals surface area contributed by atoms with Crippen LogP contribution in [0.5, 0.6) is 0 Å². The van der Waals surface area contributed by atoms with Gasteiger partial charge in [-0.05, 0) is 12.8 Å². The second-order valence-electron chi connectivity index (χ2n) is 3.45. The third-order valence-corrected chi connectivity index (χ3v) is 2.11. The fourth-order valence-electron chi connectivity index (χ4n) is 1.41. The van der Waals surface area contributed by atoms with Crippen LogP contribution in [0.4, 0.5) is 0 Å². The van der Waals surface area contributed by atoms with Gasteiger partial charge in [0.25, 0.3) is 0 Å². The van der Waals surface area contributed by atoms with Crippen LogP contribution in [0.15, 0.2) is 6.20 Å². The average molecular weight is 208 g/mol. The summed E-state index contributed by atoms with van der Waals surface area (Å²) in [5, 5.41) is 8.93. The number of aromatic carboxylic acids is 1. The molecule has 1 heterocycles. The molecule has 4 nitrogen and oxygen atoms in total. The van der Waals surface area contributed by atoms with Crippen molar-refractivity contribution >= 4 is 5.97 Å². The maximum absolute atomic E-state index is 10.9. The summed E-state index contributed by atoms with van der Waals surface area (Å²) in [6, 6.07) is 0. The summed E-state index contributed by atoms with van der Waals surface area (Å²) in [6.07, 6.45) is 4.78. The van der Waals surface area contributed by atoms with Gasteiger partial charge in [-0.3, -0.25) is 0 Å². The topological polar surface area (TPSA) is 63.1 Å². The molecular weight excluding hydrogens is 192 g/mol. The first-order valence-corrected chi connectivity index (χ1v) is 5.27. The van der Waals surface area contributed by atoms with Gasteiger partial charge in [0.05, 0.1) is 11.3 Å². The van der Waals surface area contributed by atoms with Gasteiger partial charge in [0.2, 0.25) is 0 Å². The molecule has 1 aromatic heterocycles. The predicted octanol–water partition coefficient (Wildman–Crippen LogP) is 2.08. The number of aromatic nitrogens is 2. The molecule has 0 atom stereocenters. The summed E-state index contributed by atoms with van der Waals surface area (Å²) < 4.78 is 0. The van der Waals surface area contributed by atoms with E-state index < -0.39 is 5.97 Å². The molecular formula is C11H16N2O2. The van der Waals surface area contributed by atoms with Crippen LogP contribution in [-0.4, -0.2) is 21.0 Å². The number of nitrogens with zero attached hydrogens (tertiary/aromatic N) is 2. The molecule has 0 aromatic carbocycles. The Bertz CT molecular complexity index is 350. The Labute approximate surface area is 89.4 Å². The van der Waals surface area contributed by atoms with Crippen molar-refractivity contribution < 1.29 is 9.90 Å². The van der Waals surface area contributed by atoms with Crippen molar-refractivity contribution in [3.05, 3.63) is 23.3 Å². The molecule has 1 rings (SSSR count). The molecule has 15 heavy (non-hydrogen) atoms. The highest BCUT2D eigenvalue weighted by atomic mass is 16.4. The standard InChI is InChI=1S/C11H16N2O2/c1-3-5-9-8(11(14)15)7-12-10(13-9)6-4-2/h7H,3-6H2,1-2H3,(H,14,15). The zero-order valence-corrected chi connectivity index (χ0v) is 9.16. The van der Waals surface area contributed by atoms with Crippen LogP contribution in [0, 0.1) is 0 Å². The van der Waals surface area contributed by atoms with Crippen molar-refractivity contribution in [3.8, 4) is 0 Å². The Balaban J connectivity index is 3.03. The van der Waals surface area contributed by atoms with E-state index in [4.69, 9.17) is 5.11 Å². The summed E-state index contributed by atoms with van der Waals surface area (Å²) in [5.41, 5.74) is 0.889. The Morgan fingerprint density at radius 2 is 2.00 bits per heavy atom. The first kappa shape index (κ1) is 11.6. The van der Waals surface area contributed by atoms with Gasteiger partial charge in [-0.25, -0.2) is 14.8 Å². The molecule has 4 heteroatoms. The van der Waals surface area contributed by atoms with Crippen molar-refractivity contribution in [2.45, 2.75) is 39.5 Å². The Kier molecular flexibility index (Phi) is 4.21. The summed E-state index contributed by atoms with van der Waals surface area (Å²) in [5.74, 6) is -0.201. The van der Waals surface area contributed by atoms with Crippen molar-refractivity contribution in [1.29, 1.82) is 0 Å². The van der Waals surface area contributed by atoms with Crippen LogP contribution in [0.1, 0.15) is 48.6 Å². The first-order valence-electron chi connectivity index (χ1n) is 5.27. The summed E-state index contributed by atoms with van der Waals surface area (Å²) in [6.45, 7) is 4.06. The summed E-state index contributed by atoms with van der Waals surface area (Å²) >= 11 is 0. The third-order valence-electron chi connectivity index (χ3n) is 2.11. The lowest BCUT2D eigenvalue weighted by molar-refractivity contribution is 0.0694. The number of hydrogen-bond acceptors (Lipinski definition) is 3. The molecule has 0 spiro atoms.